The number of hydrogen-bond donors (Lipinski definition) is 0. The van der Waals surface area contributed by atoms with Crippen molar-refractivity contribution >= 4 is 29.8 Å². The van der Waals surface area contributed by atoms with Gasteiger partial charge >= 0.3 is 29.8 Å². The van der Waals surface area contributed by atoms with Gasteiger partial charge in [-0.25, -0.2) is 28.7 Å². The largest absolute Gasteiger partial charge is 0.459 e. The van der Waals surface area contributed by atoms with Crippen molar-refractivity contribution in [3.8, 4) is 0 Å². The molecule has 0 N–H and O–H groups in total. The molecule has 282 valence electrons. The Morgan fingerprint density at radius 3 is 1.45 bits per heavy atom. The Bertz CT molecular complexity index is 2100. The maximum absolute atomic E-state index is 13.8. The van der Waals surface area contributed by atoms with Gasteiger partial charge in [-0.1, -0.05) is 78.0 Å². The van der Waals surface area contributed by atoms with Crippen molar-refractivity contribution in [2.45, 2.75) is 57.0 Å². The van der Waals surface area contributed by atoms with Gasteiger partial charge in [-0.05, 0) is 69.3 Å². The van der Waals surface area contributed by atoms with Gasteiger partial charge in [0.2, 0.25) is 0 Å². The van der Waals surface area contributed by atoms with E-state index >= 15 is 0 Å². The van der Waals surface area contributed by atoms with Crippen LogP contribution in [0.25, 0.3) is 0 Å². The molecule has 0 aliphatic carbocycles. The van der Waals surface area contributed by atoms with Crippen molar-refractivity contribution in [2.24, 2.45) is 0 Å². The lowest BCUT2D eigenvalue weighted by atomic mass is 9.96. The number of hydrogen-bond acceptors (Lipinski definition) is 13. The van der Waals surface area contributed by atoms with Crippen LogP contribution in [0.3, 0.4) is 0 Å². The second kappa shape index (κ2) is 17.0. The van der Waals surface area contributed by atoms with Crippen LogP contribution in [-0.4, -0.2) is 81.5 Å². The van der Waals surface area contributed by atoms with Gasteiger partial charge in [-0.15, -0.1) is 5.10 Å². The van der Waals surface area contributed by atoms with Gasteiger partial charge < -0.3 is 28.4 Å². The standard InChI is InChI=1S/C41H37N3O11/c1-41(2,3)55-40(49)30-24-44(43-42-30)35-34(54-39(48)29-22-14-7-15-23-29)33(53-38(47)28-20-12-6-13-21-28)32(52-37(46)27-18-10-5-11-19-27)31(51-35)25-50-36(45)26-16-8-4-9-17-26/h4-24,31-35H,25H2,1-3H3/t31-,32-,33+,34-,35-/m1/s1. The van der Waals surface area contributed by atoms with E-state index in [2.05, 4.69) is 10.3 Å². The predicted molar refractivity (Wildman–Crippen MR) is 193 cm³/mol. The lowest BCUT2D eigenvalue weighted by molar-refractivity contribution is -0.252. The fraction of sp³-hybridized carbons (Fsp3) is 0.244. The summed E-state index contributed by atoms with van der Waals surface area (Å²) in [6, 6.07) is 32.2. The Morgan fingerprint density at radius 2 is 1.00 bits per heavy atom. The molecule has 1 aliphatic heterocycles. The molecule has 0 saturated carbocycles. The normalized spacial score (nSPS) is 19.4. The molecule has 0 unspecified atom stereocenters. The van der Waals surface area contributed by atoms with E-state index in [1.807, 2.05) is 0 Å². The Hall–Kier alpha value is -6.67. The summed E-state index contributed by atoms with van der Waals surface area (Å²) in [5.74, 6) is -4.08. The maximum atomic E-state index is 13.8. The number of esters is 5. The third-order valence-corrected chi connectivity index (χ3v) is 8.13. The smallest absolute Gasteiger partial charge is 0.361 e. The first-order chi connectivity index (χ1) is 26.5. The number of carbonyl (C=O) groups excluding carboxylic acids is 5. The molecule has 0 amide bonds. The van der Waals surface area contributed by atoms with Crippen molar-refractivity contribution < 1.29 is 52.4 Å². The number of carbonyl (C=O) groups is 5. The van der Waals surface area contributed by atoms with Gasteiger partial charge in [-0.3, -0.25) is 0 Å². The van der Waals surface area contributed by atoms with Crippen LogP contribution in [0.1, 0.15) is 78.9 Å². The SMILES string of the molecule is CC(C)(C)OC(=O)c1cn([C@@H]2O[C@H](COC(=O)c3ccccc3)[C@@H](OC(=O)c3ccccc3)[C@H](OC(=O)c3ccccc3)[C@H]2OC(=O)c2ccccc2)nn1. The highest BCUT2D eigenvalue weighted by molar-refractivity contribution is 5.92. The zero-order valence-electron chi connectivity index (χ0n) is 30.1. The lowest BCUT2D eigenvalue weighted by Gasteiger charge is -2.44. The van der Waals surface area contributed by atoms with Crippen molar-refractivity contribution in [1.29, 1.82) is 0 Å². The summed E-state index contributed by atoms with van der Waals surface area (Å²) < 4.78 is 36.9. The van der Waals surface area contributed by atoms with Gasteiger partial charge in [0.25, 0.3) is 0 Å². The highest BCUT2D eigenvalue weighted by Crippen LogP contribution is 2.36. The first-order valence-corrected chi connectivity index (χ1v) is 17.3. The van der Waals surface area contributed by atoms with Gasteiger partial charge in [0.05, 0.1) is 28.5 Å². The minimum Gasteiger partial charge on any atom is -0.459 e. The molecule has 1 saturated heterocycles. The fourth-order valence-electron chi connectivity index (χ4n) is 5.58. The molecule has 0 spiro atoms. The Morgan fingerprint density at radius 1 is 0.582 bits per heavy atom. The quantitative estimate of drug-likeness (QED) is 0.120. The van der Waals surface area contributed by atoms with Crippen LogP contribution in [-0.2, 0) is 28.4 Å². The first kappa shape index (κ1) is 38.1. The monoisotopic (exact) mass is 747 g/mol. The van der Waals surface area contributed by atoms with Crippen molar-refractivity contribution in [3.63, 3.8) is 0 Å². The van der Waals surface area contributed by atoms with Crippen molar-refractivity contribution in [1.82, 2.24) is 15.0 Å². The molecule has 1 fully saturated rings. The molecule has 5 atom stereocenters. The summed E-state index contributed by atoms with van der Waals surface area (Å²) in [6.07, 6.45) is -6.45. The Labute approximate surface area is 315 Å². The summed E-state index contributed by atoms with van der Waals surface area (Å²) in [6.45, 7) is 4.51. The number of benzene rings is 4. The van der Waals surface area contributed by atoms with E-state index in [1.54, 1.807) is 106 Å². The molecular formula is C41H37N3O11. The molecule has 5 aromatic rings. The third-order valence-electron chi connectivity index (χ3n) is 8.13. The van der Waals surface area contributed by atoms with E-state index in [0.29, 0.717) is 0 Å². The van der Waals surface area contributed by atoms with Crippen molar-refractivity contribution in [3.05, 3.63) is 155 Å². The molecule has 14 heteroatoms. The van der Waals surface area contributed by atoms with Gasteiger partial charge in [0, 0.05) is 0 Å². The van der Waals surface area contributed by atoms with Gasteiger partial charge in [0.1, 0.15) is 18.3 Å². The molecule has 0 radical (unpaired) electrons. The minimum atomic E-state index is -1.62. The molecule has 4 aromatic carbocycles. The van der Waals surface area contributed by atoms with Crippen molar-refractivity contribution in [2.75, 3.05) is 6.61 Å². The van der Waals surface area contributed by atoms with Crippen LogP contribution in [0.2, 0.25) is 0 Å². The topological polar surface area (TPSA) is 171 Å². The molecule has 14 nitrogen and oxygen atoms in total. The van der Waals surface area contributed by atoms with E-state index in [4.69, 9.17) is 28.4 Å². The number of ether oxygens (including phenoxy) is 6. The minimum absolute atomic E-state index is 0.131. The number of rotatable bonds is 11. The molecule has 55 heavy (non-hydrogen) atoms. The molecular weight excluding hydrogens is 710 g/mol. The zero-order valence-corrected chi connectivity index (χ0v) is 30.1. The first-order valence-electron chi connectivity index (χ1n) is 17.3. The maximum Gasteiger partial charge on any atom is 0.361 e. The average molecular weight is 748 g/mol. The van der Waals surface area contributed by atoms with Crippen LogP contribution in [0, 0.1) is 0 Å². The molecule has 1 aromatic heterocycles. The summed E-state index contributed by atoms with van der Waals surface area (Å²) in [5.41, 5.74) is -0.433. The summed E-state index contributed by atoms with van der Waals surface area (Å²) in [7, 11) is 0. The van der Waals surface area contributed by atoms with E-state index in [0.717, 1.165) is 4.68 Å². The van der Waals surface area contributed by atoms with Crippen LogP contribution >= 0.6 is 0 Å². The van der Waals surface area contributed by atoms with E-state index in [-0.39, 0.29) is 27.9 Å². The summed E-state index contributed by atoms with van der Waals surface area (Å²) in [4.78, 5) is 67.4. The van der Waals surface area contributed by atoms with Crippen LogP contribution < -0.4 is 0 Å². The van der Waals surface area contributed by atoms with E-state index in [9.17, 15) is 24.0 Å². The summed E-state index contributed by atoms with van der Waals surface area (Å²) in [5, 5.41) is 8.06. The van der Waals surface area contributed by atoms with Crippen LogP contribution in [0.5, 0.6) is 0 Å². The number of aromatic nitrogens is 3. The highest BCUT2D eigenvalue weighted by atomic mass is 16.7. The highest BCUT2D eigenvalue weighted by Gasteiger charge is 2.54. The van der Waals surface area contributed by atoms with Crippen LogP contribution in [0.15, 0.2) is 128 Å². The molecule has 2 heterocycles. The molecule has 1 aliphatic rings. The Kier molecular flexibility index (Phi) is 11.8. The fourth-order valence-corrected chi connectivity index (χ4v) is 5.58. The van der Waals surface area contributed by atoms with Gasteiger partial charge in [-0.2, -0.15) is 0 Å². The molecule has 6 rings (SSSR count). The van der Waals surface area contributed by atoms with E-state index in [1.165, 1.54) is 42.6 Å². The second-order valence-electron chi connectivity index (χ2n) is 13.3. The second-order valence-corrected chi connectivity index (χ2v) is 13.3. The average Bonchev–Trinajstić information content (AvgIpc) is 3.70. The van der Waals surface area contributed by atoms with E-state index < -0.39 is 72.7 Å². The Balaban J connectivity index is 1.45. The van der Waals surface area contributed by atoms with Crippen LogP contribution in [0.4, 0.5) is 0 Å². The number of nitrogens with zero attached hydrogens (tertiary/aromatic N) is 3. The zero-order chi connectivity index (χ0) is 39.0. The predicted octanol–water partition coefficient (Wildman–Crippen LogP) is 5.66. The lowest BCUT2D eigenvalue weighted by Crippen LogP contribution is -2.61. The third kappa shape index (κ3) is 9.66. The summed E-state index contributed by atoms with van der Waals surface area (Å²) >= 11 is 0. The molecule has 0 bridgehead atoms. The van der Waals surface area contributed by atoms with Gasteiger partial charge in [0.15, 0.2) is 30.2 Å².